The van der Waals surface area contributed by atoms with Crippen LogP contribution in [0.2, 0.25) is 0 Å². The molecule has 100 valence electrons. The number of H-pyrrole nitrogens is 1. The molecule has 0 aliphatic rings. The molecule has 0 aromatic carbocycles. The van der Waals surface area contributed by atoms with Gasteiger partial charge in [-0.1, -0.05) is 20.8 Å². The van der Waals surface area contributed by atoms with E-state index in [4.69, 9.17) is 0 Å². The van der Waals surface area contributed by atoms with E-state index in [0.29, 0.717) is 13.0 Å². The standard InChI is InChI=1S/C11H17N3O4/c1-11(2,3)5-4-6-13-7-8(14(17)18)9(15)12-10(13)16/h7H,4-6H2,1-3H3,(H,12,15,16). The van der Waals surface area contributed by atoms with Crippen LogP contribution in [-0.2, 0) is 6.54 Å². The van der Waals surface area contributed by atoms with E-state index in [-0.39, 0.29) is 5.41 Å². The highest BCUT2D eigenvalue weighted by atomic mass is 16.6. The van der Waals surface area contributed by atoms with E-state index in [1.54, 1.807) is 0 Å². The molecule has 0 saturated heterocycles. The molecule has 7 nitrogen and oxygen atoms in total. The summed E-state index contributed by atoms with van der Waals surface area (Å²) >= 11 is 0. The first-order valence-corrected chi connectivity index (χ1v) is 5.69. The lowest BCUT2D eigenvalue weighted by atomic mass is 9.91. The Balaban J connectivity index is 2.90. The molecule has 1 N–H and O–H groups in total. The van der Waals surface area contributed by atoms with Crippen LogP contribution in [0.15, 0.2) is 15.8 Å². The summed E-state index contributed by atoms with van der Waals surface area (Å²) in [7, 11) is 0. The van der Waals surface area contributed by atoms with Crippen molar-refractivity contribution >= 4 is 5.69 Å². The minimum absolute atomic E-state index is 0.137. The first-order chi connectivity index (χ1) is 8.20. The van der Waals surface area contributed by atoms with Gasteiger partial charge in [0.1, 0.15) is 0 Å². The zero-order valence-corrected chi connectivity index (χ0v) is 10.7. The molecule has 7 heteroatoms. The number of hydrogen-bond donors (Lipinski definition) is 1. The number of aryl methyl sites for hydroxylation is 1. The summed E-state index contributed by atoms with van der Waals surface area (Å²) in [5.41, 5.74) is -2.04. The van der Waals surface area contributed by atoms with Gasteiger partial charge >= 0.3 is 16.9 Å². The quantitative estimate of drug-likeness (QED) is 0.647. The largest absolute Gasteiger partial charge is 0.350 e. The average molecular weight is 255 g/mol. The average Bonchev–Trinajstić information content (AvgIpc) is 2.18. The van der Waals surface area contributed by atoms with E-state index in [9.17, 15) is 19.7 Å². The lowest BCUT2D eigenvalue weighted by Crippen LogP contribution is -2.31. The molecule has 0 aliphatic carbocycles. The van der Waals surface area contributed by atoms with Crippen LogP contribution in [0.5, 0.6) is 0 Å². The van der Waals surface area contributed by atoms with Crippen LogP contribution >= 0.6 is 0 Å². The molecule has 1 aromatic rings. The van der Waals surface area contributed by atoms with Gasteiger partial charge in [-0.3, -0.25) is 24.5 Å². The Labute approximate surface area is 104 Å². The number of nitro groups is 1. The molecular weight excluding hydrogens is 238 g/mol. The Morgan fingerprint density at radius 2 is 2.00 bits per heavy atom. The van der Waals surface area contributed by atoms with Crippen LogP contribution in [0.1, 0.15) is 33.6 Å². The first kappa shape index (κ1) is 14.1. The summed E-state index contributed by atoms with van der Waals surface area (Å²) in [5, 5.41) is 10.6. The fraction of sp³-hybridized carbons (Fsp3) is 0.636. The van der Waals surface area contributed by atoms with E-state index in [1.165, 1.54) is 4.57 Å². The van der Waals surface area contributed by atoms with Crippen molar-refractivity contribution < 1.29 is 4.92 Å². The molecule has 1 rings (SSSR count). The molecule has 0 saturated carbocycles. The van der Waals surface area contributed by atoms with Gasteiger partial charge in [-0.15, -0.1) is 0 Å². The molecule has 0 amide bonds. The third-order valence-corrected chi connectivity index (χ3v) is 2.51. The Morgan fingerprint density at radius 3 is 2.50 bits per heavy atom. The summed E-state index contributed by atoms with van der Waals surface area (Å²) in [6.07, 6.45) is 2.60. The van der Waals surface area contributed by atoms with Gasteiger partial charge in [-0.25, -0.2) is 4.79 Å². The second-order valence-electron chi connectivity index (χ2n) is 5.39. The van der Waals surface area contributed by atoms with Crippen molar-refractivity contribution in [3.05, 3.63) is 37.1 Å². The minimum atomic E-state index is -0.961. The van der Waals surface area contributed by atoms with E-state index >= 15 is 0 Å². The maximum atomic E-state index is 11.5. The SMILES string of the molecule is CC(C)(C)CCCn1cc([N+](=O)[O-])c(=O)[nH]c1=O. The molecule has 18 heavy (non-hydrogen) atoms. The van der Waals surface area contributed by atoms with Crippen LogP contribution in [0.25, 0.3) is 0 Å². The number of rotatable bonds is 4. The van der Waals surface area contributed by atoms with Crippen LogP contribution in [0.4, 0.5) is 5.69 Å². The number of aromatic nitrogens is 2. The number of nitrogens with zero attached hydrogens (tertiary/aromatic N) is 2. The van der Waals surface area contributed by atoms with Crippen molar-refractivity contribution in [3.8, 4) is 0 Å². The van der Waals surface area contributed by atoms with Gasteiger partial charge < -0.3 is 0 Å². The highest BCUT2D eigenvalue weighted by molar-refractivity contribution is 5.20. The van der Waals surface area contributed by atoms with Gasteiger partial charge in [0.05, 0.1) is 11.1 Å². The molecule has 0 unspecified atom stereocenters. The van der Waals surface area contributed by atoms with E-state index < -0.39 is 21.9 Å². The Hall–Kier alpha value is -1.92. The highest BCUT2D eigenvalue weighted by Gasteiger charge is 2.15. The fourth-order valence-corrected chi connectivity index (χ4v) is 1.57. The van der Waals surface area contributed by atoms with E-state index in [2.05, 4.69) is 20.8 Å². The number of nitrogens with one attached hydrogen (secondary N) is 1. The van der Waals surface area contributed by atoms with Crippen LogP contribution in [0, 0.1) is 15.5 Å². The molecule has 0 bridgehead atoms. The Bertz CT molecular complexity index is 551. The van der Waals surface area contributed by atoms with Gasteiger partial charge in [0.15, 0.2) is 0 Å². The molecule has 0 atom stereocenters. The molecule has 0 radical (unpaired) electrons. The van der Waals surface area contributed by atoms with Crippen molar-refractivity contribution in [2.75, 3.05) is 0 Å². The summed E-state index contributed by atoms with van der Waals surface area (Å²) in [4.78, 5) is 34.4. The molecule has 0 spiro atoms. The van der Waals surface area contributed by atoms with Crippen molar-refractivity contribution in [3.63, 3.8) is 0 Å². The third-order valence-electron chi connectivity index (χ3n) is 2.51. The van der Waals surface area contributed by atoms with E-state index in [0.717, 1.165) is 12.6 Å². The zero-order valence-electron chi connectivity index (χ0n) is 10.7. The van der Waals surface area contributed by atoms with Crippen molar-refractivity contribution in [2.45, 2.75) is 40.2 Å². The van der Waals surface area contributed by atoms with Crippen molar-refractivity contribution in [2.24, 2.45) is 5.41 Å². The highest BCUT2D eigenvalue weighted by Crippen LogP contribution is 2.20. The van der Waals surface area contributed by atoms with Gasteiger partial charge in [-0.05, 0) is 18.3 Å². The molecule has 1 heterocycles. The Kier molecular flexibility index (Phi) is 4.05. The normalized spacial score (nSPS) is 11.5. The molecule has 0 aliphatic heterocycles. The predicted octanol–water partition coefficient (Wildman–Crippen LogP) is 1.27. The Morgan fingerprint density at radius 1 is 1.39 bits per heavy atom. The maximum absolute atomic E-state index is 11.5. The monoisotopic (exact) mass is 255 g/mol. The smallest absolute Gasteiger partial charge is 0.294 e. The minimum Gasteiger partial charge on any atom is -0.294 e. The molecular formula is C11H17N3O4. The summed E-state index contributed by atoms with van der Waals surface area (Å²) in [6.45, 7) is 6.58. The summed E-state index contributed by atoms with van der Waals surface area (Å²) in [6, 6.07) is 0. The van der Waals surface area contributed by atoms with Crippen LogP contribution in [0.3, 0.4) is 0 Å². The first-order valence-electron chi connectivity index (χ1n) is 5.69. The molecule has 1 aromatic heterocycles. The number of aromatic amines is 1. The van der Waals surface area contributed by atoms with Gasteiger partial charge in [0, 0.05) is 6.54 Å². The lowest BCUT2D eigenvalue weighted by molar-refractivity contribution is -0.386. The predicted molar refractivity (Wildman–Crippen MR) is 66.7 cm³/mol. The number of hydrogen-bond acceptors (Lipinski definition) is 4. The van der Waals surface area contributed by atoms with E-state index in [1.807, 2.05) is 4.98 Å². The summed E-state index contributed by atoms with van der Waals surface area (Å²) in [5.74, 6) is 0. The second-order valence-corrected chi connectivity index (χ2v) is 5.39. The topological polar surface area (TPSA) is 98.0 Å². The lowest BCUT2D eigenvalue weighted by Gasteiger charge is -2.17. The van der Waals surface area contributed by atoms with Crippen LogP contribution < -0.4 is 11.2 Å². The second kappa shape index (κ2) is 5.16. The van der Waals surface area contributed by atoms with Gasteiger partial charge in [0.25, 0.3) is 0 Å². The zero-order chi connectivity index (χ0) is 13.9. The van der Waals surface area contributed by atoms with Crippen LogP contribution in [-0.4, -0.2) is 14.5 Å². The van der Waals surface area contributed by atoms with Gasteiger partial charge in [0.2, 0.25) is 0 Å². The summed E-state index contributed by atoms with van der Waals surface area (Å²) < 4.78 is 1.17. The van der Waals surface area contributed by atoms with Gasteiger partial charge in [-0.2, -0.15) is 0 Å². The third kappa shape index (κ3) is 3.83. The fourth-order valence-electron chi connectivity index (χ4n) is 1.57. The van der Waals surface area contributed by atoms with Crippen molar-refractivity contribution in [1.29, 1.82) is 0 Å². The van der Waals surface area contributed by atoms with Crippen molar-refractivity contribution in [1.82, 2.24) is 9.55 Å². The molecule has 0 fully saturated rings. The maximum Gasteiger partial charge on any atom is 0.350 e.